The number of nitro benzene ring substituents is 1. The molecule has 9 nitrogen and oxygen atoms in total. The normalized spacial score (nSPS) is 19.7. The molecular weight excluding hydrogens is 306 g/mol. The first-order valence-electron chi connectivity index (χ1n) is 6.67. The molecule has 1 atom stereocenters. The van der Waals surface area contributed by atoms with Crippen LogP contribution in [0.15, 0.2) is 23.3 Å². The van der Waals surface area contributed by atoms with Gasteiger partial charge in [-0.2, -0.15) is 4.79 Å². The van der Waals surface area contributed by atoms with E-state index >= 15 is 0 Å². The van der Waals surface area contributed by atoms with Gasteiger partial charge in [-0.15, -0.1) is 0 Å². The molecule has 0 spiro atoms. The van der Waals surface area contributed by atoms with Crippen LogP contribution >= 0.6 is 0 Å². The Kier molecular flexibility index (Phi) is 3.69. The second kappa shape index (κ2) is 5.13. The summed E-state index contributed by atoms with van der Waals surface area (Å²) < 4.78 is 3.64. The molecule has 0 aromatic heterocycles. The maximum Gasteiger partial charge on any atom is 0.546 e. The van der Waals surface area contributed by atoms with Gasteiger partial charge >= 0.3 is 12.1 Å². The Morgan fingerprint density at radius 2 is 1.96 bits per heavy atom. The first kappa shape index (κ1) is 16.6. The van der Waals surface area contributed by atoms with Gasteiger partial charge < -0.3 is 9.84 Å². The van der Waals surface area contributed by atoms with Crippen LogP contribution in [0.5, 0.6) is 0 Å². The Hall–Kier alpha value is -2.81. The van der Waals surface area contributed by atoms with E-state index in [0.29, 0.717) is 0 Å². The molecule has 1 aliphatic heterocycles. The predicted molar refractivity (Wildman–Crippen MR) is 81.2 cm³/mol. The van der Waals surface area contributed by atoms with E-state index in [-0.39, 0.29) is 17.0 Å². The molecule has 0 saturated heterocycles. The predicted octanol–water partition coefficient (Wildman–Crippen LogP) is 2.27. The molecule has 1 aromatic rings. The Balaban J connectivity index is 2.95. The Labute approximate surface area is 131 Å². The number of carbonyl (C=O) groups excluding carboxylic acids is 1. The minimum absolute atomic E-state index is 0.0552. The van der Waals surface area contributed by atoms with E-state index in [9.17, 15) is 24.8 Å². The van der Waals surface area contributed by atoms with Gasteiger partial charge in [0.15, 0.2) is 11.3 Å². The van der Waals surface area contributed by atoms with Crippen LogP contribution in [-0.4, -0.2) is 40.5 Å². The Bertz CT molecular complexity index is 749. The number of ether oxygens (including phenoxy) is 1. The summed E-state index contributed by atoms with van der Waals surface area (Å²) in [5, 5.41) is 25.1. The van der Waals surface area contributed by atoms with Gasteiger partial charge in [-0.05, 0) is 26.8 Å². The average molecular weight is 322 g/mol. The fourth-order valence-corrected chi connectivity index (χ4v) is 2.63. The molecule has 1 heterocycles. The number of hydrogen-bond donors (Lipinski definition) is 1. The molecule has 122 valence electrons. The van der Waals surface area contributed by atoms with Gasteiger partial charge in [-0.3, -0.25) is 10.1 Å². The lowest BCUT2D eigenvalue weighted by Crippen LogP contribution is -2.60. The maximum absolute atomic E-state index is 12.0. The van der Waals surface area contributed by atoms with Crippen molar-refractivity contribution in [3.8, 4) is 0 Å². The lowest BCUT2D eigenvalue weighted by molar-refractivity contribution is -0.385. The fourth-order valence-electron chi connectivity index (χ4n) is 2.63. The summed E-state index contributed by atoms with van der Waals surface area (Å²) in [4.78, 5) is 34.6. The maximum atomic E-state index is 12.0. The summed E-state index contributed by atoms with van der Waals surface area (Å²) in [6, 6.07) is 3.98. The van der Waals surface area contributed by atoms with Crippen molar-refractivity contribution in [2.75, 3.05) is 7.11 Å². The summed E-state index contributed by atoms with van der Waals surface area (Å²) in [6.45, 7) is 4.86. The molecular formula is C14H16N3O6+. The molecule has 23 heavy (non-hydrogen) atoms. The van der Waals surface area contributed by atoms with E-state index in [1.54, 1.807) is 20.8 Å². The molecule has 1 unspecified atom stereocenters. The van der Waals surface area contributed by atoms with Gasteiger partial charge in [0.1, 0.15) is 5.54 Å². The van der Waals surface area contributed by atoms with Gasteiger partial charge in [0.05, 0.1) is 12.0 Å². The lowest BCUT2D eigenvalue weighted by atomic mass is 10.0. The molecule has 1 aromatic carbocycles. The molecule has 9 heteroatoms. The standard InChI is InChI=1S/C14H15N3O6/c1-14(2,3)17(13(19)20)9-7-5-6-8(16(21)22)10(9)11(15-17)12(18)23-4/h5-7H,1-4H3/p+1. The molecule has 1 N–H and O–H groups in total. The zero-order valence-electron chi connectivity index (χ0n) is 13.1. The number of quaternary nitrogens is 1. The number of methoxy groups -OCH3 is 1. The van der Waals surface area contributed by atoms with Crippen molar-refractivity contribution in [1.29, 1.82) is 0 Å². The number of carboxylic acid groups (broad SMARTS) is 1. The van der Waals surface area contributed by atoms with Crippen molar-refractivity contribution in [1.82, 2.24) is 4.59 Å². The summed E-state index contributed by atoms with van der Waals surface area (Å²) in [5.74, 6) is -0.925. The number of nitrogens with zero attached hydrogens (tertiary/aromatic N) is 3. The highest BCUT2D eigenvalue weighted by atomic mass is 16.6. The average Bonchev–Trinajstić information content (AvgIpc) is 2.82. The van der Waals surface area contributed by atoms with Crippen LogP contribution in [0.4, 0.5) is 16.2 Å². The number of benzene rings is 1. The van der Waals surface area contributed by atoms with Crippen LogP contribution < -0.4 is 4.59 Å². The highest BCUT2D eigenvalue weighted by Crippen LogP contribution is 2.45. The first-order chi connectivity index (χ1) is 10.6. The summed E-state index contributed by atoms with van der Waals surface area (Å²) >= 11 is 0. The van der Waals surface area contributed by atoms with Crippen molar-refractivity contribution in [3.05, 3.63) is 33.9 Å². The number of rotatable bonds is 2. The molecule has 0 bridgehead atoms. The number of esters is 1. The van der Waals surface area contributed by atoms with Gasteiger partial charge in [0.2, 0.25) is 5.71 Å². The van der Waals surface area contributed by atoms with E-state index in [0.717, 1.165) is 7.11 Å². The zero-order chi connectivity index (χ0) is 17.6. The van der Waals surface area contributed by atoms with Gasteiger partial charge in [0.25, 0.3) is 5.69 Å². The molecule has 0 radical (unpaired) electrons. The minimum atomic E-state index is -1.35. The monoisotopic (exact) mass is 322 g/mol. The number of fused-ring (bicyclic) bond motifs is 1. The van der Waals surface area contributed by atoms with E-state index in [1.807, 2.05) is 0 Å². The molecule has 0 saturated carbocycles. The number of amides is 1. The van der Waals surface area contributed by atoms with Gasteiger partial charge in [0, 0.05) is 12.1 Å². The Morgan fingerprint density at radius 1 is 1.35 bits per heavy atom. The van der Waals surface area contributed by atoms with Crippen LogP contribution in [0.2, 0.25) is 0 Å². The molecule has 2 rings (SSSR count). The van der Waals surface area contributed by atoms with Crippen molar-refractivity contribution in [3.63, 3.8) is 0 Å². The summed E-state index contributed by atoms with van der Waals surface area (Å²) in [5.41, 5.74) is -1.82. The van der Waals surface area contributed by atoms with Crippen LogP contribution in [0.25, 0.3) is 0 Å². The first-order valence-corrected chi connectivity index (χ1v) is 6.67. The molecule has 1 aliphatic rings. The summed E-state index contributed by atoms with van der Waals surface area (Å²) in [7, 11) is 1.10. The van der Waals surface area contributed by atoms with E-state index < -0.39 is 32.8 Å². The lowest BCUT2D eigenvalue weighted by Gasteiger charge is -2.34. The molecule has 0 aliphatic carbocycles. The van der Waals surface area contributed by atoms with Crippen LogP contribution in [0.3, 0.4) is 0 Å². The third-order valence-corrected chi connectivity index (χ3v) is 3.68. The summed E-state index contributed by atoms with van der Waals surface area (Å²) in [6.07, 6.45) is -1.35. The third-order valence-electron chi connectivity index (χ3n) is 3.68. The third kappa shape index (κ3) is 2.16. The highest BCUT2D eigenvalue weighted by Gasteiger charge is 2.59. The van der Waals surface area contributed by atoms with Crippen molar-refractivity contribution >= 4 is 29.1 Å². The van der Waals surface area contributed by atoms with Crippen LogP contribution in [-0.2, 0) is 9.53 Å². The fraction of sp³-hybridized carbons (Fsp3) is 0.357. The second-order valence-electron chi connectivity index (χ2n) is 5.96. The number of hydrogen-bond acceptors (Lipinski definition) is 6. The largest absolute Gasteiger partial charge is 0.546 e. The molecule has 1 amide bonds. The van der Waals surface area contributed by atoms with Gasteiger partial charge in [-0.25, -0.2) is 4.79 Å². The smallest absolute Gasteiger partial charge is 0.464 e. The highest BCUT2D eigenvalue weighted by molar-refractivity contribution is 6.46. The Morgan fingerprint density at radius 3 is 2.39 bits per heavy atom. The topological polar surface area (TPSA) is 119 Å². The molecule has 0 fully saturated rings. The van der Waals surface area contributed by atoms with E-state index in [4.69, 9.17) is 0 Å². The van der Waals surface area contributed by atoms with E-state index in [1.165, 1.54) is 18.2 Å². The zero-order valence-corrected chi connectivity index (χ0v) is 13.1. The van der Waals surface area contributed by atoms with Crippen molar-refractivity contribution in [2.24, 2.45) is 5.10 Å². The van der Waals surface area contributed by atoms with E-state index in [2.05, 4.69) is 9.84 Å². The SMILES string of the molecule is COC(=O)C1=N[N+](C(=O)O)(C(C)(C)C)c2cccc([N+](=O)[O-])c21. The van der Waals surface area contributed by atoms with Crippen molar-refractivity contribution in [2.45, 2.75) is 26.3 Å². The van der Waals surface area contributed by atoms with Gasteiger partial charge in [-0.1, -0.05) is 9.69 Å². The van der Waals surface area contributed by atoms with Crippen LogP contribution in [0, 0.1) is 10.1 Å². The second-order valence-corrected chi connectivity index (χ2v) is 5.96. The minimum Gasteiger partial charge on any atom is -0.464 e. The van der Waals surface area contributed by atoms with Crippen molar-refractivity contribution < 1.29 is 24.4 Å². The van der Waals surface area contributed by atoms with Crippen LogP contribution in [0.1, 0.15) is 26.3 Å². The number of carbonyl (C=O) groups is 2. The number of nitro groups is 1. The quantitative estimate of drug-likeness (QED) is 0.386.